The third-order valence-corrected chi connectivity index (χ3v) is 2.05. The van der Waals surface area contributed by atoms with Crippen molar-refractivity contribution in [3.05, 3.63) is 42.8 Å². The lowest BCUT2D eigenvalue weighted by Gasteiger charge is -2.21. The normalized spacial score (nSPS) is 12.9. The summed E-state index contributed by atoms with van der Waals surface area (Å²) in [7, 11) is 0. The van der Waals surface area contributed by atoms with Crippen molar-refractivity contribution in [1.29, 1.82) is 0 Å². The zero-order valence-corrected chi connectivity index (χ0v) is 10.7. The Labute approximate surface area is 103 Å². The van der Waals surface area contributed by atoms with Crippen molar-refractivity contribution in [2.75, 3.05) is 0 Å². The summed E-state index contributed by atoms with van der Waals surface area (Å²) in [6.45, 7) is 9.40. The smallest absolute Gasteiger partial charge is 0.407 e. The minimum atomic E-state index is -0.476. The molecule has 1 aromatic rings. The summed E-state index contributed by atoms with van der Waals surface area (Å²) < 4.78 is 5.16. The van der Waals surface area contributed by atoms with Gasteiger partial charge in [0.15, 0.2) is 0 Å². The molecule has 1 N–H and O–H groups in total. The van der Waals surface area contributed by atoms with Gasteiger partial charge in [0.2, 0.25) is 0 Å². The van der Waals surface area contributed by atoms with Crippen molar-refractivity contribution in [2.45, 2.75) is 38.8 Å². The summed E-state index contributed by atoms with van der Waals surface area (Å²) in [6.07, 6.45) is 0.272. The van der Waals surface area contributed by atoms with E-state index < -0.39 is 11.7 Å². The molecule has 93 valence electrons. The summed E-state index contributed by atoms with van der Waals surface area (Å²) in [5.41, 5.74) is 0.667. The second-order valence-electron chi connectivity index (χ2n) is 5.03. The minimum absolute atomic E-state index is 0.188. The molecular weight excluding hydrogens is 214 g/mol. The molecule has 0 aliphatic rings. The third kappa shape index (κ3) is 5.95. The maximum atomic E-state index is 11.5. The predicted octanol–water partition coefficient (Wildman–Crippen LogP) is 2.96. The largest absolute Gasteiger partial charge is 0.444 e. The van der Waals surface area contributed by atoms with Crippen molar-refractivity contribution < 1.29 is 9.53 Å². The summed E-state index contributed by atoms with van der Waals surface area (Å²) >= 11 is 0. The predicted molar refractivity (Wildman–Crippen MR) is 68.7 cm³/mol. The summed E-state index contributed by atoms with van der Waals surface area (Å²) in [5.74, 6) is 0. The van der Waals surface area contributed by atoms with E-state index in [9.17, 15) is 4.79 Å². The molecular formula is C14H20NO2. The molecule has 1 amide bonds. The number of alkyl carbamates (subject to hydrolysis) is 1. The van der Waals surface area contributed by atoms with E-state index in [1.807, 2.05) is 51.1 Å². The number of ether oxygens (including phenoxy) is 1. The van der Waals surface area contributed by atoms with Gasteiger partial charge in [-0.2, -0.15) is 0 Å². The Morgan fingerprint density at radius 3 is 2.47 bits per heavy atom. The maximum Gasteiger partial charge on any atom is 0.407 e. The fourth-order valence-corrected chi connectivity index (χ4v) is 1.42. The van der Waals surface area contributed by atoms with E-state index in [1.165, 1.54) is 0 Å². The van der Waals surface area contributed by atoms with Gasteiger partial charge in [0.25, 0.3) is 0 Å². The van der Waals surface area contributed by atoms with Crippen LogP contribution in [0.2, 0.25) is 0 Å². The lowest BCUT2D eigenvalue weighted by Crippen LogP contribution is -2.38. The first-order chi connectivity index (χ1) is 7.87. The number of carbonyl (C=O) groups is 1. The van der Waals surface area contributed by atoms with Gasteiger partial charge in [0, 0.05) is 6.04 Å². The van der Waals surface area contributed by atoms with Gasteiger partial charge in [0.1, 0.15) is 5.60 Å². The van der Waals surface area contributed by atoms with E-state index in [0.29, 0.717) is 6.42 Å². The first-order valence-electron chi connectivity index (χ1n) is 5.73. The van der Waals surface area contributed by atoms with E-state index in [-0.39, 0.29) is 6.04 Å². The van der Waals surface area contributed by atoms with Gasteiger partial charge >= 0.3 is 6.09 Å². The van der Waals surface area contributed by atoms with Gasteiger partial charge in [0.05, 0.1) is 0 Å². The van der Waals surface area contributed by atoms with Gasteiger partial charge in [-0.3, -0.25) is 0 Å². The number of amides is 1. The molecule has 0 aromatic heterocycles. The quantitative estimate of drug-likeness (QED) is 0.873. The Kier molecular flexibility index (Phi) is 4.55. The molecule has 0 fully saturated rings. The molecule has 1 rings (SSSR count). The van der Waals surface area contributed by atoms with Crippen LogP contribution in [-0.4, -0.2) is 17.7 Å². The lowest BCUT2D eigenvalue weighted by molar-refractivity contribution is 0.0514. The van der Waals surface area contributed by atoms with Crippen LogP contribution in [0.15, 0.2) is 30.3 Å². The van der Waals surface area contributed by atoms with Crippen LogP contribution in [-0.2, 0) is 11.2 Å². The first-order valence-corrected chi connectivity index (χ1v) is 5.73. The highest BCUT2D eigenvalue weighted by atomic mass is 16.6. The van der Waals surface area contributed by atoms with Crippen LogP contribution in [0, 0.1) is 6.92 Å². The average molecular weight is 234 g/mol. The van der Waals surface area contributed by atoms with E-state index in [1.54, 1.807) is 0 Å². The van der Waals surface area contributed by atoms with Gasteiger partial charge in [-0.1, -0.05) is 30.3 Å². The third-order valence-electron chi connectivity index (χ3n) is 2.05. The standard InChI is InChI=1S/C14H20NO2/c1-11(10-12-8-6-5-7-9-12)15-13(16)17-14(2,3)4/h5-9,11H,1,10H2,2-4H3,(H,15,16)/t11-/m1/s1. The number of carbonyl (C=O) groups excluding carboxylic acids is 1. The number of rotatable bonds is 3. The van der Waals surface area contributed by atoms with Crippen molar-refractivity contribution in [3.63, 3.8) is 0 Å². The summed E-state index contributed by atoms with van der Waals surface area (Å²) in [5, 5.41) is 2.71. The number of benzene rings is 1. The van der Waals surface area contributed by atoms with E-state index >= 15 is 0 Å². The van der Waals surface area contributed by atoms with Crippen LogP contribution in [0.1, 0.15) is 26.3 Å². The molecule has 0 saturated carbocycles. The monoisotopic (exact) mass is 234 g/mol. The number of nitrogens with one attached hydrogen (secondary N) is 1. The number of hydrogen-bond donors (Lipinski definition) is 1. The van der Waals surface area contributed by atoms with E-state index in [2.05, 4.69) is 12.2 Å². The Morgan fingerprint density at radius 2 is 1.94 bits per heavy atom. The van der Waals surface area contributed by atoms with Crippen LogP contribution in [0.5, 0.6) is 0 Å². The van der Waals surface area contributed by atoms with Crippen LogP contribution in [0.25, 0.3) is 0 Å². The second kappa shape index (κ2) is 5.71. The summed E-state index contributed by atoms with van der Waals surface area (Å²) in [4.78, 5) is 11.5. The van der Waals surface area contributed by atoms with Crippen molar-refractivity contribution in [1.82, 2.24) is 5.32 Å². The van der Waals surface area contributed by atoms with Crippen LogP contribution >= 0.6 is 0 Å². The molecule has 0 aliphatic carbocycles. The van der Waals surface area contributed by atoms with Crippen molar-refractivity contribution in [3.8, 4) is 0 Å². The molecule has 1 radical (unpaired) electrons. The zero-order valence-electron chi connectivity index (χ0n) is 10.7. The Hall–Kier alpha value is -1.51. The van der Waals surface area contributed by atoms with Crippen LogP contribution < -0.4 is 5.32 Å². The maximum absolute atomic E-state index is 11.5. The lowest BCUT2D eigenvalue weighted by atomic mass is 10.1. The average Bonchev–Trinajstić information content (AvgIpc) is 2.15. The molecule has 0 spiro atoms. The SMILES string of the molecule is [CH2][C@H](Cc1ccccc1)NC(=O)OC(C)(C)C. The Balaban J connectivity index is 2.40. The van der Waals surface area contributed by atoms with Crippen molar-refractivity contribution >= 4 is 6.09 Å². The van der Waals surface area contributed by atoms with E-state index in [4.69, 9.17) is 4.74 Å². The molecule has 1 atom stereocenters. The molecule has 0 saturated heterocycles. The van der Waals surface area contributed by atoms with Crippen LogP contribution in [0.3, 0.4) is 0 Å². The van der Waals surface area contributed by atoms with Gasteiger partial charge in [-0.25, -0.2) is 4.79 Å². The van der Waals surface area contributed by atoms with Crippen molar-refractivity contribution in [2.24, 2.45) is 0 Å². The first kappa shape index (κ1) is 13.6. The summed E-state index contributed by atoms with van der Waals surface area (Å²) in [6, 6.07) is 9.73. The molecule has 17 heavy (non-hydrogen) atoms. The molecule has 3 heteroatoms. The molecule has 0 heterocycles. The number of hydrogen-bond acceptors (Lipinski definition) is 2. The second-order valence-corrected chi connectivity index (χ2v) is 5.03. The highest BCUT2D eigenvalue weighted by molar-refractivity contribution is 5.68. The van der Waals surface area contributed by atoms with Gasteiger partial charge in [-0.05, 0) is 39.7 Å². The van der Waals surface area contributed by atoms with Gasteiger partial charge in [-0.15, -0.1) is 0 Å². The highest BCUT2D eigenvalue weighted by Gasteiger charge is 2.17. The molecule has 3 nitrogen and oxygen atoms in total. The zero-order chi connectivity index (χ0) is 12.9. The highest BCUT2D eigenvalue weighted by Crippen LogP contribution is 2.08. The fraction of sp³-hybridized carbons (Fsp3) is 0.429. The van der Waals surface area contributed by atoms with E-state index in [0.717, 1.165) is 5.56 Å². The molecule has 1 aromatic carbocycles. The minimum Gasteiger partial charge on any atom is -0.444 e. The molecule has 0 aliphatic heterocycles. The Bertz CT molecular complexity index is 354. The van der Waals surface area contributed by atoms with Gasteiger partial charge < -0.3 is 10.1 Å². The topological polar surface area (TPSA) is 38.3 Å². The van der Waals surface area contributed by atoms with Crippen LogP contribution in [0.4, 0.5) is 4.79 Å². The molecule has 0 bridgehead atoms. The fourth-order valence-electron chi connectivity index (χ4n) is 1.42. The molecule has 0 unspecified atom stereocenters. The Morgan fingerprint density at radius 1 is 1.35 bits per heavy atom.